The summed E-state index contributed by atoms with van der Waals surface area (Å²) < 4.78 is 14.4. The molecule has 0 amide bonds. The normalized spacial score (nSPS) is 12.9. The van der Waals surface area contributed by atoms with Gasteiger partial charge >= 0.3 is 0 Å². The van der Waals surface area contributed by atoms with Crippen molar-refractivity contribution in [2.24, 2.45) is 5.73 Å². The summed E-state index contributed by atoms with van der Waals surface area (Å²) in [7, 11) is 0. The van der Waals surface area contributed by atoms with Gasteiger partial charge in [-0.25, -0.2) is 4.39 Å². The van der Waals surface area contributed by atoms with Crippen LogP contribution in [0.3, 0.4) is 0 Å². The Morgan fingerprint density at radius 2 is 2.23 bits per heavy atom. The third-order valence-electron chi connectivity index (χ3n) is 2.07. The van der Waals surface area contributed by atoms with Crippen LogP contribution in [0.4, 0.5) is 4.39 Å². The molecule has 13 heavy (non-hydrogen) atoms. The number of alkyl halides is 1. The van der Waals surface area contributed by atoms with Crippen molar-refractivity contribution in [2.45, 2.75) is 19.5 Å². The Morgan fingerprint density at radius 1 is 1.54 bits per heavy atom. The third kappa shape index (κ3) is 2.51. The monoisotopic (exact) mass is 245 g/mol. The molecule has 1 unspecified atom stereocenters. The lowest BCUT2D eigenvalue weighted by atomic mass is 10.0. The quantitative estimate of drug-likeness (QED) is 0.871. The highest BCUT2D eigenvalue weighted by atomic mass is 79.9. The molecule has 1 rings (SSSR count). The smallest absolute Gasteiger partial charge is 0.127 e. The van der Waals surface area contributed by atoms with E-state index in [2.05, 4.69) is 15.9 Å². The molecule has 0 saturated carbocycles. The van der Waals surface area contributed by atoms with Gasteiger partial charge in [-0.05, 0) is 37.1 Å². The number of hydrogen-bond donors (Lipinski definition) is 1. The molecule has 0 bridgehead atoms. The second kappa shape index (κ2) is 4.72. The standard InChI is InChI=1S/C10H13BrFN/c1-7-8(10(12)5-6-13)3-2-4-9(7)11/h2-4,10H,5-6,13H2,1H3. The summed E-state index contributed by atoms with van der Waals surface area (Å²) in [5.41, 5.74) is 7.00. The van der Waals surface area contributed by atoms with Gasteiger partial charge in [0.2, 0.25) is 0 Å². The molecule has 0 saturated heterocycles. The van der Waals surface area contributed by atoms with Gasteiger partial charge in [0.05, 0.1) is 0 Å². The summed E-state index contributed by atoms with van der Waals surface area (Å²) in [4.78, 5) is 0. The lowest BCUT2D eigenvalue weighted by molar-refractivity contribution is 0.326. The topological polar surface area (TPSA) is 26.0 Å². The molecule has 1 aromatic rings. The van der Waals surface area contributed by atoms with E-state index in [1.54, 1.807) is 6.07 Å². The average Bonchev–Trinajstić information content (AvgIpc) is 2.10. The number of nitrogens with two attached hydrogens (primary N) is 1. The van der Waals surface area contributed by atoms with Crippen LogP contribution < -0.4 is 5.73 Å². The van der Waals surface area contributed by atoms with E-state index >= 15 is 0 Å². The first kappa shape index (κ1) is 10.7. The van der Waals surface area contributed by atoms with Crippen LogP contribution in [0.1, 0.15) is 23.7 Å². The van der Waals surface area contributed by atoms with Gasteiger partial charge in [0.25, 0.3) is 0 Å². The maximum Gasteiger partial charge on any atom is 0.127 e. The number of benzene rings is 1. The minimum atomic E-state index is -0.942. The molecule has 0 fully saturated rings. The van der Waals surface area contributed by atoms with Gasteiger partial charge in [-0.1, -0.05) is 28.1 Å². The highest BCUT2D eigenvalue weighted by Gasteiger charge is 2.12. The summed E-state index contributed by atoms with van der Waals surface area (Å²) in [5.74, 6) is 0. The van der Waals surface area contributed by atoms with Gasteiger partial charge < -0.3 is 5.73 Å². The molecule has 72 valence electrons. The second-order valence-electron chi connectivity index (χ2n) is 3.00. The molecule has 0 spiro atoms. The molecule has 0 aliphatic heterocycles. The largest absolute Gasteiger partial charge is 0.330 e. The van der Waals surface area contributed by atoms with Crippen LogP contribution in [0.5, 0.6) is 0 Å². The van der Waals surface area contributed by atoms with Gasteiger partial charge in [-0.15, -0.1) is 0 Å². The van der Waals surface area contributed by atoms with E-state index in [-0.39, 0.29) is 0 Å². The van der Waals surface area contributed by atoms with Crippen LogP contribution in [-0.4, -0.2) is 6.54 Å². The highest BCUT2D eigenvalue weighted by molar-refractivity contribution is 9.10. The molecular weight excluding hydrogens is 233 g/mol. The first-order chi connectivity index (χ1) is 6.16. The first-order valence-electron chi connectivity index (χ1n) is 4.26. The molecule has 0 radical (unpaired) electrons. The maximum atomic E-state index is 13.5. The molecule has 1 nitrogen and oxygen atoms in total. The maximum absolute atomic E-state index is 13.5. The fourth-order valence-electron chi connectivity index (χ4n) is 1.27. The van der Waals surface area contributed by atoms with Gasteiger partial charge in [-0.2, -0.15) is 0 Å². The zero-order valence-corrected chi connectivity index (χ0v) is 9.14. The van der Waals surface area contributed by atoms with Crippen LogP contribution in [-0.2, 0) is 0 Å². The molecule has 0 aliphatic carbocycles. The first-order valence-corrected chi connectivity index (χ1v) is 5.05. The predicted octanol–water partition coefficient (Wildman–Crippen LogP) is 3.12. The molecule has 0 heterocycles. The SMILES string of the molecule is Cc1c(Br)cccc1C(F)CCN. The molecule has 0 aliphatic rings. The van der Waals surface area contributed by atoms with Crippen molar-refractivity contribution in [1.29, 1.82) is 0 Å². The van der Waals surface area contributed by atoms with Gasteiger partial charge in [-0.3, -0.25) is 0 Å². The Balaban J connectivity index is 2.93. The lowest BCUT2D eigenvalue weighted by Gasteiger charge is -2.11. The molecule has 2 N–H and O–H groups in total. The van der Waals surface area contributed by atoms with Crippen molar-refractivity contribution in [3.8, 4) is 0 Å². The van der Waals surface area contributed by atoms with Gasteiger partial charge in [0.1, 0.15) is 6.17 Å². The van der Waals surface area contributed by atoms with Crippen molar-refractivity contribution in [1.82, 2.24) is 0 Å². The number of hydrogen-bond acceptors (Lipinski definition) is 1. The Morgan fingerprint density at radius 3 is 2.85 bits per heavy atom. The Labute approximate surface area is 86.3 Å². The van der Waals surface area contributed by atoms with E-state index in [9.17, 15) is 4.39 Å². The number of halogens is 2. The molecule has 3 heteroatoms. The zero-order chi connectivity index (χ0) is 9.84. The summed E-state index contributed by atoms with van der Waals surface area (Å²) >= 11 is 3.37. The van der Waals surface area contributed by atoms with Crippen LogP contribution in [0.15, 0.2) is 22.7 Å². The Hall–Kier alpha value is -0.410. The van der Waals surface area contributed by atoms with Crippen molar-refractivity contribution >= 4 is 15.9 Å². The van der Waals surface area contributed by atoms with E-state index in [4.69, 9.17) is 5.73 Å². The van der Waals surface area contributed by atoms with E-state index < -0.39 is 6.17 Å². The van der Waals surface area contributed by atoms with Crippen LogP contribution in [0.2, 0.25) is 0 Å². The van der Waals surface area contributed by atoms with E-state index in [0.717, 1.165) is 15.6 Å². The lowest BCUT2D eigenvalue weighted by Crippen LogP contribution is -2.04. The summed E-state index contributed by atoms with van der Waals surface area (Å²) in [6.07, 6.45) is -0.556. The Kier molecular flexibility index (Phi) is 3.88. The van der Waals surface area contributed by atoms with E-state index in [1.165, 1.54) is 0 Å². The summed E-state index contributed by atoms with van der Waals surface area (Å²) in [6, 6.07) is 5.56. The number of rotatable bonds is 3. The summed E-state index contributed by atoms with van der Waals surface area (Å²) in [6.45, 7) is 2.29. The predicted molar refractivity (Wildman–Crippen MR) is 56.4 cm³/mol. The van der Waals surface area contributed by atoms with Crippen LogP contribution in [0, 0.1) is 6.92 Å². The van der Waals surface area contributed by atoms with E-state index in [1.807, 2.05) is 19.1 Å². The zero-order valence-electron chi connectivity index (χ0n) is 7.56. The van der Waals surface area contributed by atoms with Crippen molar-refractivity contribution < 1.29 is 4.39 Å². The Bertz CT molecular complexity index is 288. The highest BCUT2D eigenvalue weighted by Crippen LogP contribution is 2.28. The van der Waals surface area contributed by atoms with E-state index in [0.29, 0.717) is 13.0 Å². The summed E-state index contributed by atoms with van der Waals surface area (Å²) in [5, 5.41) is 0. The molecule has 0 aromatic heterocycles. The average molecular weight is 246 g/mol. The van der Waals surface area contributed by atoms with Gasteiger partial charge in [0.15, 0.2) is 0 Å². The van der Waals surface area contributed by atoms with Crippen LogP contribution >= 0.6 is 15.9 Å². The minimum Gasteiger partial charge on any atom is -0.330 e. The fourth-order valence-corrected chi connectivity index (χ4v) is 1.65. The van der Waals surface area contributed by atoms with Gasteiger partial charge in [0, 0.05) is 4.47 Å². The van der Waals surface area contributed by atoms with Crippen molar-refractivity contribution in [3.05, 3.63) is 33.8 Å². The van der Waals surface area contributed by atoms with Crippen molar-refractivity contribution in [2.75, 3.05) is 6.54 Å². The molecular formula is C10H13BrFN. The second-order valence-corrected chi connectivity index (χ2v) is 3.85. The molecule has 1 aromatic carbocycles. The van der Waals surface area contributed by atoms with Crippen LogP contribution in [0.25, 0.3) is 0 Å². The molecule has 1 atom stereocenters. The minimum absolute atomic E-state index is 0.382. The van der Waals surface area contributed by atoms with Crippen molar-refractivity contribution in [3.63, 3.8) is 0 Å². The third-order valence-corrected chi connectivity index (χ3v) is 2.93. The fraction of sp³-hybridized carbons (Fsp3) is 0.400.